The van der Waals surface area contributed by atoms with Crippen LogP contribution < -0.4 is 0 Å². The molecule has 2 aliphatic rings. The van der Waals surface area contributed by atoms with Crippen LogP contribution in [-0.4, -0.2) is 25.4 Å². The molecule has 1 unspecified atom stereocenters. The minimum Gasteiger partial charge on any atom is -0.508 e. The molecule has 20 heavy (non-hydrogen) atoms. The summed E-state index contributed by atoms with van der Waals surface area (Å²) in [7, 11) is 1.64. The minimum atomic E-state index is 0.318. The summed E-state index contributed by atoms with van der Waals surface area (Å²) < 4.78 is 12.0. The van der Waals surface area contributed by atoms with Gasteiger partial charge in [0.15, 0.2) is 0 Å². The van der Waals surface area contributed by atoms with Crippen LogP contribution in [0.3, 0.4) is 0 Å². The number of rotatable bonds is 3. The van der Waals surface area contributed by atoms with E-state index in [1.54, 1.807) is 7.11 Å². The van der Waals surface area contributed by atoms with Crippen molar-refractivity contribution in [1.29, 1.82) is 0 Å². The largest absolute Gasteiger partial charge is 0.508 e. The van der Waals surface area contributed by atoms with Crippen molar-refractivity contribution in [3.63, 3.8) is 0 Å². The molecule has 1 N–H and O–H groups in total. The average molecular weight is 341 g/mol. The smallest absolute Gasteiger partial charge is 0.121 e. The van der Waals surface area contributed by atoms with Crippen molar-refractivity contribution in [2.45, 2.75) is 38.2 Å². The van der Waals surface area contributed by atoms with Crippen molar-refractivity contribution in [3.05, 3.63) is 27.7 Å². The summed E-state index contributed by atoms with van der Waals surface area (Å²) in [6, 6.07) is 3.85. The summed E-state index contributed by atoms with van der Waals surface area (Å²) in [5, 5.41) is 10.1. The third-order valence-electron chi connectivity index (χ3n) is 4.76. The Morgan fingerprint density at radius 1 is 1.45 bits per heavy atom. The van der Waals surface area contributed by atoms with E-state index in [1.807, 2.05) is 12.1 Å². The summed E-state index contributed by atoms with van der Waals surface area (Å²) in [5.74, 6) is 0.694. The molecular formula is C16H21BrO3. The summed E-state index contributed by atoms with van der Waals surface area (Å²) in [4.78, 5) is 0. The third kappa shape index (κ3) is 2.61. The van der Waals surface area contributed by atoms with Gasteiger partial charge in [-0.3, -0.25) is 0 Å². The molecule has 0 radical (unpaired) electrons. The first kappa shape index (κ1) is 14.4. The Morgan fingerprint density at radius 3 is 2.90 bits per heavy atom. The van der Waals surface area contributed by atoms with Gasteiger partial charge in [0.25, 0.3) is 0 Å². The lowest BCUT2D eigenvalue weighted by atomic mass is 9.63. The van der Waals surface area contributed by atoms with E-state index < -0.39 is 0 Å². The van der Waals surface area contributed by atoms with Crippen LogP contribution in [0.1, 0.15) is 42.7 Å². The van der Waals surface area contributed by atoms with Gasteiger partial charge in [0.05, 0.1) is 19.8 Å². The Morgan fingerprint density at radius 2 is 2.25 bits per heavy atom. The molecule has 1 spiro atoms. The fraction of sp³-hybridized carbons (Fsp3) is 0.625. The quantitative estimate of drug-likeness (QED) is 0.904. The van der Waals surface area contributed by atoms with Gasteiger partial charge in [-0.25, -0.2) is 0 Å². The molecule has 1 aromatic rings. The predicted molar refractivity (Wildman–Crippen MR) is 81.0 cm³/mol. The maximum atomic E-state index is 10.1. The summed E-state index contributed by atoms with van der Waals surface area (Å²) in [6.45, 7) is 2.09. The maximum absolute atomic E-state index is 10.1. The zero-order valence-electron chi connectivity index (χ0n) is 11.8. The van der Waals surface area contributed by atoms with E-state index in [-0.39, 0.29) is 0 Å². The average Bonchev–Trinajstić information content (AvgIpc) is 2.41. The van der Waals surface area contributed by atoms with Gasteiger partial charge in [-0.2, -0.15) is 0 Å². The van der Waals surface area contributed by atoms with Crippen LogP contribution in [0.2, 0.25) is 0 Å². The second kappa shape index (κ2) is 5.66. The predicted octanol–water partition coefficient (Wildman–Crippen LogP) is 3.98. The fourth-order valence-electron chi connectivity index (χ4n) is 3.49. The number of phenols is 1. The third-order valence-corrected chi connectivity index (χ3v) is 5.45. The number of phenolic OH excluding ortho intramolecular Hbond substituents is 1. The van der Waals surface area contributed by atoms with E-state index in [1.165, 1.54) is 25.7 Å². The van der Waals surface area contributed by atoms with Gasteiger partial charge in [0.1, 0.15) is 5.75 Å². The molecule has 1 aromatic carbocycles. The molecule has 1 saturated carbocycles. The number of aromatic hydroxyl groups is 1. The molecular weight excluding hydrogens is 320 g/mol. The Hall–Kier alpha value is -0.580. The van der Waals surface area contributed by atoms with Crippen molar-refractivity contribution < 1.29 is 14.6 Å². The lowest BCUT2D eigenvalue weighted by Crippen LogP contribution is -2.41. The van der Waals surface area contributed by atoms with E-state index in [2.05, 4.69) is 15.9 Å². The molecule has 1 aliphatic carbocycles. The Bertz CT molecular complexity index is 497. The second-order valence-electron chi connectivity index (χ2n) is 6.21. The molecule has 110 valence electrons. The van der Waals surface area contributed by atoms with Crippen molar-refractivity contribution in [3.8, 4) is 5.75 Å². The number of hydrogen-bond acceptors (Lipinski definition) is 3. The van der Waals surface area contributed by atoms with Crippen LogP contribution in [0.25, 0.3) is 0 Å². The van der Waals surface area contributed by atoms with Crippen molar-refractivity contribution in [2.24, 2.45) is 5.41 Å². The maximum Gasteiger partial charge on any atom is 0.121 e. The lowest BCUT2D eigenvalue weighted by Gasteiger charge is -2.47. The van der Waals surface area contributed by atoms with Gasteiger partial charge in [-0.1, -0.05) is 22.4 Å². The van der Waals surface area contributed by atoms with Gasteiger partial charge in [0.2, 0.25) is 0 Å². The standard InChI is InChI=1S/C16H21BrO3/c1-19-8-11-5-14(17)13(6-15(11)18)12-7-16(3-2-4-16)10-20-9-12/h5-6,12,18H,2-4,7-10H2,1H3. The zero-order chi connectivity index (χ0) is 14.2. The van der Waals surface area contributed by atoms with Crippen LogP contribution >= 0.6 is 15.9 Å². The normalized spacial score (nSPS) is 24.6. The second-order valence-corrected chi connectivity index (χ2v) is 7.06. The molecule has 4 heteroatoms. The minimum absolute atomic E-state index is 0.318. The highest BCUT2D eigenvalue weighted by molar-refractivity contribution is 9.10. The van der Waals surface area contributed by atoms with Crippen LogP contribution in [0.15, 0.2) is 16.6 Å². The summed E-state index contributed by atoms with van der Waals surface area (Å²) >= 11 is 3.64. The Balaban J connectivity index is 1.84. The first-order valence-electron chi connectivity index (χ1n) is 7.21. The molecule has 1 atom stereocenters. The van der Waals surface area contributed by atoms with E-state index in [9.17, 15) is 5.11 Å². The van der Waals surface area contributed by atoms with Gasteiger partial charge >= 0.3 is 0 Å². The molecule has 1 aliphatic heterocycles. The lowest BCUT2D eigenvalue weighted by molar-refractivity contribution is -0.0642. The number of methoxy groups -OCH3 is 1. The highest BCUT2D eigenvalue weighted by atomic mass is 79.9. The van der Waals surface area contributed by atoms with E-state index in [0.29, 0.717) is 23.7 Å². The highest BCUT2D eigenvalue weighted by Crippen LogP contribution is 2.51. The number of benzene rings is 1. The van der Waals surface area contributed by atoms with Crippen LogP contribution in [0.5, 0.6) is 5.75 Å². The number of hydrogen-bond donors (Lipinski definition) is 1. The first-order valence-corrected chi connectivity index (χ1v) is 8.01. The number of halogens is 1. The molecule has 3 rings (SSSR count). The topological polar surface area (TPSA) is 38.7 Å². The molecule has 0 aromatic heterocycles. The van der Waals surface area contributed by atoms with E-state index in [4.69, 9.17) is 9.47 Å². The molecule has 0 bridgehead atoms. The number of ether oxygens (including phenoxy) is 2. The summed E-state index contributed by atoms with van der Waals surface area (Å²) in [6.07, 6.45) is 5.08. The van der Waals surface area contributed by atoms with Crippen molar-refractivity contribution in [2.75, 3.05) is 20.3 Å². The van der Waals surface area contributed by atoms with Gasteiger partial charge in [0, 0.05) is 23.1 Å². The monoisotopic (exact) mass is 340 g/mol. The molecule has 1 saturated heterocycles. The Kier molecular flexibility index (Phi) is 4.07. The first-order chi connectivity index (χ1) is 9.63. The van der Waals surface area contributed by atoms with Crippen LogP contribution in [0, 0.1) is 5.41 Å². The molecule has 3 nitrogen and oxygen atoms in total. The SMILES string of the molecule is COCc1cc(Br)c(C2COCC3(CCC3)C2)cc1O. The van der Waals surface area contributed by atoms with Gasteiger partial charge < -0.3 is 14.6 Å². The molecule has 0 amide bonds. The van der Waals surface area contributed by atoms with Gasteiger partial charge in [-0.05, 0) is 42.4 Å². The highest BCUT2D eigenvalue weighted by Gasteiger charge is 2.42. The van der Waals surface area contributed by atoms with E-state index in [0.717, 1.165) is 28.8 Å². The van der Waals surface area contributed by atoms with Crippen molar-refractivity contribution >= 4 is 15.9 Å². The summed E-state index contributed by atoms with van der Waals surface area (Å²) in [5.41, 5.74) is 2.38. The van der Waals surface area contributed by atoms with Crippen LogP contribution in [-0.2, 0) is 16.1 Å². The van der Waals surface area contributed by atoms with Crippen molar-refractivity contribution in [1.82, 2.24) is 0 Å². The van der Waals surface area contributed by atoms with Crippen LogP contribution in [0.4, 0.5) is 0 Å². The Labute approximate surface area is 128 Å². The molecule has 1 heterocycles. The van der Waals surface area contributed by atoms with E-state index >= 15 is 0 Å². The van der Waals surface area contributed by atoms with Gasteiger partial charge in [-0.15, -0.1) is 0 Å². The zero-order valence-corrected chi connectivity index (χ0v) is 13.4. The molecule has 2 fully saturated rings. The fourth-order valence-corrected chi connectivity index (χ4v) is 4.20.